The largest absolute Gasteiger partial charge is 0.439 e. The van der Waals surface area contributed by atoms with Crippen molar-refractivity contribution in [1.29, 1.82) is 0 Å². The standard InChI is InChI=1S/C18H22ClN3O/c1-13(2)22-10-9-20-17(12-22)14-3-8-18(21-11-14)23-16-6-4-15(19)5-7-16/h3-8,11,13,17,20H,9-10,12H2,1-2H3. The van der Waals surface area contributed by atoms with Crippen molar-refractivity contribution < 1.29 is 4.74 Å². The van der Waals surface area contributed by atoms with Gasteiger partial charge in [0.1, 0.15) is 5.75 Å². The summed E-state index contributed by atoms with van der Waals surface area (Å²) in [6, 6.07) is 12.2. The number of halogens is 1. The number of ether oxygens (including phenoxy) is 1. The summed E-state index contributed by atoms with van der Waals surface area (Å²) in [6.45, 7) is 7.59. The first kappa shape index (κ1) is 16.2. The molecule has 4 nitrogen and oxygen atoms in total. The van der Waals surface area contributed by atoms with Crippen LogP contribution in [-0.2, 0) is 0 Å². The third kappa shape index (κ3) is 4.22. The van der Waals surface area contributed by atoms with E-state index in [1.165, 1.54) is 5.56 Å². The van der Waals surface area contributed by atoms with E-state index in [4.69, 9.17) is 16.3 Å². The molecule has 2 heterocycles. The molecule has 0 saturated carbocycles. The summed E-state index contributed by atoms with van der Waals surface area (Å²) in [6.07, 6.45) is 1.90. The van der Waals surface area contributed by atoms with Crippen LogP contribution in [0.5, 0.6) is 11.6 Å². The van der Waals surface area contributed by atoms with E-state index in [2.05, 4.69) is 35.1 Å². The van der Waals surface area contributed by atoms with Crippen molar-refractivity contribution in [2.24, 2.45) is 0 Å². The van der Waals surface area contributed by atoms with Crippen LogP contribution in [0.15, 0.2) is 42.6 Å². The Balaban J connectivity index is 1.65. The Hall–Kier alpha value is -1.62. The van der Waals surface area contributed by atoms with Gasteiger partial charge >= 0.3 is 0 Å². The van der Waals surface area contributed by atoms with Gasteiger partial charge in [0.25, 0.3) is 0 Å². The molecule has 23 heavy (non-hydrogen) atoms. The van der Waals surface area contributed by atoms with Crippen LogP contribution in [-0.4, -0.2) is 35.6 Å². The lowest BCUT2D eigenvalue weighted by Gasteiger charge is -2.36. The summed E-state index contributed by atoms with van der Waals surface area (Å²) >= 11 is 5.87. The minimum absolute atomic E-state index is 0.322. The number of hydrogen-bond donors (Lipinski definition) is 1. The molecule has 1 aliphatic rings. The van der Waals surface area contributed by atoms with Crippen LogP contribution in [0.25, 0.3) is 0 Å². The van der Waals surface area contributed by atoms with Crippen molar-refractivity contribution in [1.82, 2.24) is 15.2 Å². The Morgan fingerprint density at radius 3 is 2.65 bits per heavy atom. The number of benzene rings is 1. The highest BCUT2D eigenvalue weighted by atomic mass is 35.5. The minimum Gasteiger partial charge on any atom is -0.439 e. The third-order valence-electron chi connectivity index (χ3n) is 4.13. The van der Waals surface area contributed by atoms with Crippen LogP contribution >= 0.6 is 11.6 Å². The molecule has 0 amide bonds. The van der Waals surface area contributed by atoms with Gasteiger partial charge in [0.15, 0.2) is 0 Å². The van der Waals surface area contributed by atoms with Crippen LogP contribution in [0.4, 0.5) is 0 Å². The lowest BCUT2D eigenvalue weighted by molar-refractivity contribution is 0.162. The van der Waals surface area contributed by atoms with E-state index in [9.17, 15) is 0 Å². The van der Waals surface area contributed by atoms with E-state index in [1.54, 1.807) is 12.1 Å². The van der Waals surface area contributed by atoms with Gasteiger partial charge in [-0.2, -0.15) is 0 Å². The fourth-order valence-electron chi connectivity index (χ4n) is 2.75. The molecule has 1 aromatic carbocycles. The average Bonchev–Trinajstić information content (AvgIpc) is 2.58. The zero-order valence-corrected chi connectivity index (χ0v) is 14.3. The smallest absolute Gasteiger partial charge is 0.219 e. The van der Waals surface area contributed by atoms with Gasteiger partial charge in [-0.1, -0.05) is 17.7 Å². The Morgan fingerprint density at radius 1 is 1.22 bits per heavy atom. The van der Waals surface area contributed by atoms with Gasteiger partial charge in [-0.05, 0) is 43.7 Å². The van der Waals surface area contributed by atoms with Gasteiger partial charge in [0, 0.05) is 49.0 Å². The lowest BCUT2D eigenvalue weighted by atomic mass is 10.1. The Morgan fingerprint density at radius 2 is 2.00 bits per heavy atom. The molecule has 1 fully saturated rings. The predicted octanol–water partition coefficient (Wildman–Crippen LogP) is 3.88. The summed E-state index contributed by atoms with van der Waals surface area (Å²) in [5, 5.41) is 4.25. The number of piperazine rings is 1. The molecule has 1 N–H and O–H groups in total. The van der Waals surface area contributed by atoms with Crippen molar-refractivity contribution in [2.75, 3.05) is 19.6 Å². The van der Waals surface area contributed by atoms with E-state index >= 15 is 0 Å². The Kier molecular flexibility index (Phi) is 5.16. The van der Waals surface area contributed by atoms with E-state index < -0.39 is 0 Å². The molecule has 3 rings (SSSR count). The molecule has 2 aromatic rings. The fraction of sp³-hybridized carbons (Fsp3) is 0.389. The van der Waals surface area contributed by atoms with E-state index in [0.29, 0.717) is 23.0 Å². The molecule has 1 atom stereocenters. The van der Waals surface area contributed by atoms with Crippen molar-refractivity contribution in [3.8, 4) is 11.6 Å². The highest BCUT2D eigenvalue weighted by molar-refractivity contribution is 6.30. The number of aromatic nitrogens is 1. The maximum absolute atomic E-state index is 5.87. The predicted molar refractivity (Wildman–Crippen MR) is 93.2 cm³/mol. The third-order valence-corrected chi connectivity index (χ3v) is 4.39. The molecule has 0 radical (unpaired) electrons. The average molecular weight is 332 g/mol. The van der Waals surface area contributed by atoms with Crippen molar-refractivity contribution in [2.45, 2.75) is 25.9 Å². The second kappa shape index (κ2) is 7.30. The topological polar surface area (TPSA) is 37.4 Å². The molecule has 0 aliphatic carbocycles. The number of hydrogen-bond acceptors (Lipinski definition) is 4. The molecule has 1 aromatic heterocycles. The number of pyridine rings is 1. The number of nitrogens with one attached hydrogen (secondary N) is 1. The molecule has 122 valence electrons. The Labute approximate surface area is 142 Å². The van der Waals surface area contributed by atoms with Crippen LogP contribution in [0, 0.1) is 0 Å². The van der Waals surface area contributed by atoms with Gasteiger partial charge in [-0.15, -0.1) is 0 Å². The van der Waals surface area contributed by atoms with Gasteiger partial charge in [0.05, 0.1) is 0 Å². The molecular formula is C18H22ClN3O. The molecule has 1 saturated heterocycles. The number of rotatable bonds is 4. The first-order valence-corrected chi connectivity index (χ1v) is 8.36. The molecule has 0 bridgehead atoms. The van der Waals surface area contributed by atoms with Crippen LogP contribution in [0.3, 0.4) is 0 Å². The van der Waals surface area contributed by atoms with Crippen molar-refractivity contribution in [3.63, 3.8) is 0 Å². The summed E-state index contributed by atoms with van der Waals surface area (Å²) in [5.41, 5.74) is 1.19. The summed E-state index contributed by atoms with van der Waals surface area (Å²) in [7, 11) is 0. The van der Waals surface area contributed by atoms with Gasteiger partial charge in [0.2, 0.25) is 5.88 Å². The monoisotopic (exact) mass is 331 g/mol. The molecular weight excluding hydrogens is 310 g/mol. The second-order valence-electron chi connectivity index (χ2n) is 6.08. The van der Waals surface area contributed by atoms with Gasteiger partial charge in [-0.25, -0.2) is 4.98 Å². The first-order valence-electron chi connectivity index (χ1n) is 7.98. The first-order chi connectivity index (χ1) is 11.1. The van der Waals surface area contributed by atoms with Gasteiger partial charge < -0.3 is 10.1 Å². The second-order valence-corrected chi connectivity index (χ2v) is 6.52. The maximum Gasteiger partial charge on any atom is 0.219 e. The van der Waals surface area contributed by atoms with Crippen LogP contribution in [0.2, 0.25) is 5.02 Å². The summed E-state index contributed by atoms with van der Waals surface area (Å²) in [4.78, 5) is 6.91. The lowest BCUT2D eigenvalue weighted by Crippen LogP contribution is -2.48. The van der Waals surface area contributed by atoms with Crippen molar-refractivity contribution in [3.05, 3.63) is 53.2 Å². The summed E-state index contributed by atoms with van der Waals surface area (Å²) < 4.78 is 5.73. The minimum atomic E-state index is 0.322. The molecule has 5 heteroatoms. The maximum atomic E-state index is 5.87. The molecule has 1 aliphatic heterocycles. The molecule has 0 spiro atoms. The highest BCUT2D eigenvalue weighted by Gasteiger charge is 2.22. The van der Waals surface area contributed by atoms with E-state index in [1.807, 2.05) is 24.4 Å². The van der Waals surface area contributed by atoms with E-state index in [-0.39, 0.29) is 0 Å². The zero-order valence-electron chi connectivity index (χ0n) is 13.5. The number of nitrogens with zero attached hydrogens (tertiary/aromatic N) is 2. The quantitative estimate of drug-likeness (QED) is 0.922. The van der Waals surface area contributed by atoms with Gasteiger partial charge in [-0.3, -0.25) is 4.90 Å². The summed E-state index contributed by atoms with van der Waals surface area (Å²) in [5.74, 6) is 1.32. The highest BCUT2D eigenvalue weighted by Crippen LogP contribution is 2.24. The molecule has 1 unspecified atom stereocenters. The normalized spacial score (nSPS) is 19.0. The fourth-order valence-corrected chi connectivity index (χ4v) is 2.87. The van der Waals surface area contributed by atoms with Crippen LogP contribution < -0.4 is 10.1 Å². The van der Waals surface area contributed by atoms with Crippen molar-refractivity contribution >= 4 is 11.6 Å². The van der Waals surface area contributed by atoms with Crippen LogP contribution in [0.1, 0.15) is 25.5 Å². The van der Waals surface area contributed by atoms with E-state index in [0.717, 1.165) is 25.4 Å². The SMILES string of the molecule is CC(C)N1CCNC(c2ccc(Oc3ccc(Cl)cc3)nc2)C1. The Bertz CT molecular complexity index is 628. The zero-order chi connectivity index (χ0) is 16.2.